The van der Waals surface area contributed by atoms with Gasteiger partial charge < -0.3 is 20.1 Å². The Kier molecular flexibility index (Phi) is 5.78. The van der Waals surface area contributed by atoms with Crippen LogP contribution in [0.3, 0.4) is 0 Å². The molecule has 2 N–H and O–H groups in total. The molecule has 5 rings (SSSR count). The summed E-state index contributed by atoms with van der Waals surface area (Å²) < 4.78 is 31.5. The summed E-state index contributed by atoms with van der Waals surface area (Å²) in [7, 11) is 0. The average molecular weight is 466 g/mol. The molecule has 0 atom stereocenters. The van der Waals surface area contributed by atoms with E-state index in [9.17, 15) is 8.78 Å². The number of hydrogen-bond donors (Lipinski definition) is 2. The first kappa shape index (κ1) is 22.1. The van der Waals surface area contributed by atoms with E-state index in [-0.39, 0.29) is 23.2 Å². The second-order valence-corrected chi connectivity index (χ2v) is 8.46. The molecule has 9 nitrogen and oxygen atoms in total. The second-order valence-electron chi connectivity index (χ2n) is 8.46. The van der Waals surface area contributed by atoms with E-state index >= 15 is 0 Å². The molecule has 1 aliphatic rings. The summed E-state index contributed by atoms with van der Waals surface area (Å²) in [6.45, 7) is 9.32. The number of nitrogens with one attached hydrogen (secondary N) is 2. The smallest absolute Gasteiger partial charge is 0.229 e. The van der Waals surface area contributed by atoms with Gasteiger partial charge in [0.05, 0.1) is 24.1 Å². The largest absolute Gasteiger partial charge is 0.353 e. The number of aromatic nitrogens is 6. The molecule has 0 aliphatic carbocycles. The number of fused-ring (bicyclic) bond motifs is 1. The summed E-state index contributed by atoms with van der Waals surface area (Å²) in [6.07, 6.45) is 4.32. The van der Waals surface area contributed by atoms with E-state index in [2.05, 4.69) is 40.5 Å². The molecule has 11 heteroatoms. The van der Waals surface area contributed by atoms with E-state index in [0.717, 1.165) is 38.2 Å². The number of hydrogen-bond acceptors (Lipinski definition) is 8. The lowest BCUT2D eigenvalue weighted by Crippen LogP contribution is -2.43. The fourth-order valence-corrected chi connectivity index (χ4v) is 4.24. The first-order valence-electron chi connectivity index (χ1n) is 11.2. The molecule has 0 amide bonds. The van der Waals surface area contributed by atoms with E-state index < -0.39 is 11.6 Å². The van der Waals surface area contributed by atoms with Gasteiger partial charge in [0.25, 0.3) is 0 Å². The molecular weight excluding hydrogens is 440 g/mol. The van der Waals surface area contributed by atoms with E-state index in [4.69, 9.17) is 0 Å². The third-order valence-corrected chi connectivity index (χ3v) is 5.78. The monoisotopic (exact) mass is 465 g/mol. The molecule has 0 saturated carbocycles. The Labute approximate surface area is 195 Å². The molecule has 34 heavy (non-hydrogen) atoms. The molecule has 176 valence electrons. The Morgan fingerprint density at radius 2 is 1.76 bits per heavy atom. The highest BCUT2D eigenvalue weighted by Crippen LogP contribution is 2.30. The van der Waals surface area contributed by atoms with Gasteiger partial charge in [-0.15, -0.1) is 0 Å². The summed E-state index contributed by atoms with van der Waals surface area (Å²) in [6, 6.07) is 3.02. The molecular formula is C23H25F2N9. The maximum Gasteiger partial charge on any atom is 0.229 e. The zero-order valence-corrected chi connectivity index (χ0v) is 19.2. The quantitative estimate of drug-likeness (QED) is 0.462. The van der Waals surface area contributed by atoms with Crippen LogP contribution < -0.4 is 15.5 Å². The minimum Gasteiger partial charge on any atom is -0.353 e. The van der Waals surface area contributed by atoms with Crippen LogP contribution in [0.1, 0.15) is 25.7 Å². The predicted octanol–water partition coefficient (Wildman–Crippen LogP) is 3.60. The van der Waals surface area contributed by atoms with E-state index in [0.29, 0.717) is 22.7 Å². The van der Waals surface area contributed by atoms with Crippen LogP contribution in [0.4, 0.5) is 26.4 Å². The van der Waals surface area contributed by atoms with Crippen molar-refractivity contribution >= 4 is 28.6 Å². The lowest BCUT2D eigenvalue weighted by Gasteiger charge is -2.28. The third kappa shape index (κ3) is 4.14. The molecule has 0 unspecified atom stereocenters. The first-order chi connectivity index (χ1) is 16.4. The number of aryl methyl sites for hydroxylation is 1. The van der Waals surface area contributed by atoms with Crippen molar-refractivity contribution in [2.45, 2.75) is 26.8 Å². The van der Waals surface area contributed by atoms with E-state index in [1.54, 1.807) is 18.5 Å². The highest BCUT2D eigenvalue weighted by atomic mass is 19.1. The van der Waals surface area contributed by atoms with Gasteiger partial charge in [0.2, 0.25) is 5.95 Å². The third-order valence-electron chi connectivity index (χ3n) is 5.78. The number of halogens is 2. The van der Waals surface area contributed by atoms with Crippen LogP contribution in [0, 0.1) is 18.6 Å². The van der Waals surface area contributed by atoms with Crippen LogP contribution >= 0.6 is 0 Å². The summed E-state index contributed by atoms with van der Waals surface area (Å²) in [5.41, 5.74) is 1.12. The van der Waals surface area contributed by atoms with E-state index in [1.807, 2.05) is 25.3 Å². The van der Waals surface area contributed by atoms with Gasteiger partial charge in [-0.25, -0.2) is 33.7 Å². The summed E-state index contributed by atoms with van der Waals surface area (Å²) in [5, 5.41) is 6.25. The Morgan fingerprint density at radius 1 is 0.971 bits per heavy atom. The predicted molar refractivity (Wildman–Crippen MR) is 126 cm³/mol. The highest BCUT2D eigenvalue weighted by molar-refractivity contribution is 5.83. The van der Waals surface area contributed by atoms with Crippen molar-refractivity contribution in [3.63, 3.8) is 0 Å². The lowest BCUT2D eigenvalue weighted by molar-refractivity contribution is 0.584. The van der Waals surface area contributed by atoms with Gasteiger partial charge in [0.15, 0.2) is 17.5 Å². The van der Waals surface area contributed by atoms with E-state index in [1.165, 1.54) is 6.07 Å². The molecule has 1 fully saturated rings. The zero-order valence-electron chi connectivity index (χ0n) is 19.2. The molecule has 0 bridgehead atoms. The Bertz CT molecular complexity index is 1330. The summed E-state index contributed by atoms with van der Waals surface area (Å²) in [4.78, 5) is 23.6. The van der Waals surface area contributed by atoms with Crippen molar-refractivity contribution in [2.75, 3.05) is 36.4 Å². The molecule has 1 aromatic carbocycles. The van der Waals surface area contributed by atoms with Crippen LogP contribution in [0.5, 0.6) is 0 Å². The second kappa shape index (κ2) is 8.90. The van der Waals surface area contributed by atoms with Crippen molar-refractivity contribution in [3.05, 3.63) is 48.2 Å². The van der Waals surface area contributed by atoms with Gasteiger partial charge in [-0.3, -0.25) is 0 Å². The van der Waals surface area contributed by atoms with Gasteiger partial charge in [-0.1, -0.05) is 0 Å². The van der Waals surface area contributed by atoms with Gasteiger partial charge in [-0.2, -0.15) is 0 Å². The van der Waals surface area contributed by atoms with Crippen molar-refractivity contribution in [2.24, 2.45) is 0 Å². The Hall–Kier alpha value is -3.73. The number of imidazole rings is 1. The maximum absolute atomic E-state index is 14.9. The zero-order chi connectivity index (χ0) is 23.8. The van der Waals surface area contributed by atoms with Crippen LogP contribution in [-0.4, -0.2) is 55.7 Å². The molecule has 4 heterocycles. The van der Waals surface area contributed by atoms with Gasteiger partial charge >= 0.3 is 0 Å². The van der Waals surface area contributed by atoms with Crippen LogP contribution in [-0.2, 0) is 0 Å². The molecule has 0 radical (unpaired) electrons. The van der Waals surface area contributed by atoms with Crippen molar-refractivity contribution in [3.8, 4) is 11.3 Å². The SMILES string of the molecule is Cc1nc2c(F)cc(-c3nc(Nc4cnc(N5CCNCC5)cn4)ncc3F)cc2n1C(C)C. The van der Waals surface area contributed by atoms with Crippen molar-refractivity contribution < 1.29 is 8.78 Å². The maximum atomic E-state index is 14.9. The van der Waals surface area contributed by atoms with Crippen molar-refractivity contribution in [1.82, 2.24) is 34.8 Å². The minimum atomic E-state index is -0.656. The fraction of sp³-hybridized carbons (Fsp3) is 0.348. The van der Waals surface area contributed by atoms with Gasteiger partial charge in [0, 0.05) is 37.8 Å². The highest BCUT2D eigenvalue weighted by Gasteiger charge is 2.19. The normalized spacial score (nSPS) is 14.2. The summed E-state index contributed by atoms with van der Waals surface area (Å²) in [5.74, 6) is 0.845. The number of nitrogens with zero attached hydrogens (tertiary/aromatic N) is 7. The number of piperazine rings is 1. The first-order valence-corrected chi connectivity index (χ1v) is 11.2. The Morgan fingerprint density at radius 3 is 2.47 bits per heavy atom. The average Bonchev–Trinajstić information content (AvgIpc) is 3.18. The molecule has 1 saturated heterocycles. The summed E-state index contributed by atoms with van der Waals surface area (Å²) >= 11 is 0. The minimum absolute atomic E-state index is 0.0159. The number of benzene rings is 1. The van der Waals surface area contributed by atoms with Gasteiger partial charge in [-0.05, 0) is 32.9 Å². The van der Waals surface area contributed by atoms with Crippen LogP contribution in [0.25, 0.3) is 22.3 Å². The molecule has 4 aromatic rings. The number of rotatable bonds is 5. The fourth-order valence-electron chi connectivity index (χ4n) is 4.24. The molecule has 3 aromatic heterocycles. The van der Waals surface area contributed by atoms with Crippen LogP contribution in [0.2, 0.25) is 0 Å². The molecule has 0 spiro atoms. The number of anilines is 3. The van der Waals surface area contributed by atoms with Crippen LogP contribution in [0.15, 0.2) is 30.7 Å². The topological polar surface area (TPSA) is 96.7 Å². The van der Waals surface area contributed by atoms with Gasteiger partial charge in [0.1, 0.15) is 22.9 Å². The Balaban J connectivity index is 1.45. The lowest BCUT2D eigenvalue weighted by atomic mass is 10.1. The molecule has 1 aliphatic heterocycles. The standard InChI is InChI=1S/C23H25F2N9/c1-13(2)34-14(3)30-22-16(24)8-15(9-18(22)34)21-17(25)10-29-23(32-21)31-19-11-28-20(12-27-19)33-6-4-26-5-7-33/h8-13,26H,4-7H2,1-3H3,(H,27,29,31,32). The van der Waals surface area contributed by atoms with Crippen molar-refractivity contribution in [1.29, 1.82) is 0 Å².